The van der Waals surface area contributed by atoms with E-state index in [0.717, 1.165) is 6.54 Å². The Morgan fingerprint density at radius 2 is 2.53 bits per heavy atom. The molecule has 0 amide bonds. The number of methoxy groups -OCH3 is 1. The minimum Gasteiger partial charge on any atom is -0.495 e. The Labute approximate surface area is 100 Å². The molecule has 1 aromatic rings. The molecule has 1 fully saturated rings. The third kappa shape index (κ3) is 3.25. The van der Waals surface area contributed by atoms with Crippen molar-refractivity contribution in [2.45, 2.75) is 12.5 Å². The zero-order chi connectivity index (χ0) is 12.1. The van der Waals surface area contributed by atoms with Crippen molar-refractivity contribution in [2.75, 3.05) is 26.9 Å². The van der Waals surface area contributed by atoms with Crippen LogP contribution in [0.5, 0.6) is 5.75 Å². The predicted molar refractivity (Wildman–Crippen MR) is 62.3 cm³/mol. The van der Waals surface area contributed by atoms with Crippen LogP contribution in [-0.2, 0) is 4.74 Å². The molecule has 0 radical (unpaired) electrons. The fraction of sp³-hybridized carbons (Fsp3) is 0.500. The van der Waals surface area contributed by atoms with Crippen molar-refractivity contribution in [1.82, 2.24) is 10.3 Å². The summed E-state index contributed by atoms with van der Waals surface area (Å²) in [6.45, 7) is 2.10. The molecule has 1 unspecified atom stereocenters. The molecule has 5 nitrogen and oxygen atoms in total. The maximum atomic E-state index is 12.0. The molecule has 2 rings (SSSR count). The first kappa shape index (κ1) is 12.0. The molecule has 1 atom stereocenters. The van der Waals surface area contributed by atoms with E-state index in [9.17, 15) is 4.79 Å². The molecule has 5 heteroatoms. The molecule has 2 heterocycles. The zero-order valence-corrected chi connectivity index (χ0v) is 9.81. The number of hydrogen-bond donors (Lipinski definition) is 1. The number of hydrogen-bond acceptors (Lipinski definition) is 5. The van der Waals surface area contributed by atoms with Crippen molar-refractivity contribution in [3.8, 4) is 5.75 Å². The lowest BCUT2D eigenvalue weighted by molar-refractivity contribution is 0.0676. The Kier molecular flexibility index (Phi) is 4.06. The van der Waals surface area contributed by atoms with Crippen LogP contribution in [0.2, 0.25) is 0 Å². The molecule has 0 aliphatic carbocycles. The summed E-state index contributed by atoms with van der Waals surface area (Å²) in [6, 6.07) is 1.81. The predicted octanol–water partition coefficient (Wildman–Crippen LogP) is 0.651. The molecule has 1 aromatic heterocycles. The van der Waals surface area contributed by atoms with E-state index < -0.39 is 0 Å². The summed E-state index contributed by atoms with van der Waals surface area (Å²) < 4.78 is 10.3. The SMILES string of the molecule is COc1cncc(C(=O)CC2COCCN2)c1. The number of ketones is 1. The lowest BCUT2D eigenvalue weighted by Gasteiger charge is -2.23. The van der Waals surface area contributed by atoms with Crippen LogP contribution < -0.4 is 10.1 Å². The van der Waals surface area contributed by atoms with Gasteiger partial charge in [-0.2, -0.15) is 0 Å². The second-order valence-electron chi connectivity index (χ2n) is 3.97. The van der Waals surface area contributed by atoms with Gasteiger partial charge in [0.05, 0.1) is 26.5 Å². The van der Waals surface area contributed by atoms with Crippen LogP contribution in [0.25, 0.3) is 0 Å². The van der Waals surface area contributed by atoms with Crippen LogP contribution in [0, 0.1) is 0 Å². The van der Waals surface area contributed by atoms with Crippen molar-refractivity contribution in [1.29, 1.82) is 0 Å². The van der Waals surface area contributed by atoms with Gasteiger partial charge < -0.3 is 14.8 Å². The summed E-state index contributed by atoms with van der Waals surface area (Å²) in [5, 5.41) is 3.25. The zero-order valence-electron chi connectivity index (χ0n) is 9.81. The number of Topliss-reactive ketones (excluding diaryl/α,β-unsaturated/α-hetero) is 1. The fourth-order valence-electron chi connectivity index (χ4n) is 1.78. The van der Waals surface area contributed by atoms with Gasteiger partial charge in [0.15, 0.2) is 5.78 Å². The fourth-order valence-corrected chi connectivity index (χ4v) is 1.78. The first-order chi connectivity index (χ1) is 8.29. The number of carbonyl (C=O) groups is 1. The van der Waals surface area contributed by atoms with Crippen molar-refractivity contribution in [3.63, 3.8) is 0 Å². The Bertz CT molecular complexity index is 389. The van der Waals surface area contributed by atoms with E-state index in [1.54, 1.807) is 25.6 Å². The van der Waals surface area contributed by atoms with Crippen LogP contribution in [0.3, 0.4) is 0 Å². The van der Waals surface area contributed by atoms with Gasteiger partial charge >= 0.3 is 0 Å². The quantitative estimate of drug-likeness (QED) is 0.778. The normalized spacial score (nSPS) is 19.9. The molecule has 0 saturated carbocycles. The minimum absolute atomic E-state index is 0.0550. The smallest absolute Gasteiger partial charge is 0.166 e. The molecule has 1 aliphatic rings. The average Bonchev–Trinajstić information content (AvgIpc) is 2.40. The Hall–Kier alpha value is -1.46. The van der Waals surface area contributed by atoms with Gasteiger partial charge in [0.1, 0.15) is 5.75 Å². The number of nitrogens with zero attached hydrogens (tertiary/aromatic N) is 1. The van der Waals surface area contributed by atoms with Crippen LogP contribution >= 0.6 is 0 Å². The highest BCUT2D eigenvalue weighted by Crippen LogP contribution is 2.13. The van der Waals surface area contributed by atoms with Gasteiger partial charge in [-0.3, -0.25) is 9.78 Å². The highest BCUT2D eigenvalue weighted by atomic mass is 16.5. The van der Waals surface area contributed by atoms with Crippen molar-refractivity contribution >= 4 is 5.78 Å². The second kappa shape index (κ2) is 5.75. The number of morpholine rings is 1. The molecule has 92 valence electrons. The second-order valence-corrected chi connectivity index (χ2v) is 3.97. The van der Waals surface area contributed by atoms with Crippen molar-refractivity contribution < 1.29 is 14.3 Å². The number of rotatable bonds is 4. The number of ether oxygens (including phenoxy) is 2. The van der Waals surface area contributed by atoms with E-state index in [4.69, 9.17) is 9.47 Å². The van der Waals surface area contributed by atoms with Crippen molar-refractivity contribution in [2.24, 2.45) is 0 Å². The molecule has 1 saturated heterocycles. The van der Waals surface area contributed by atoms with Crippen LogP contribution in [0.15, 0.2) is 18.5 Å². The number of aromatic nitrogens is 1. The lowest BCUT2D eigenvalue weighted by atomic mass is 10.1. The summed E-state index contributed by atoms with van der Waals surface area (Å²) >= 11 is 0. The number of carbonyl (C=O) groups excluding carboxylic acids is 1. The molecule has 17 heavy (non-hydrogen) atoms. The number of pyridine rings is 1. The van der Waals surface area contributed by atoms with Gasteiger partial charge in [0, 0.05) is 30.8 Å². The van der Waals surface area contributed by atoms with E-state index >= 15 is 0 Å². The van der Waals surface area contributed by atoms with E-state index in [1.165, 1.54) is 0 Å². The molecular weight excluding hydrogens is 220 g/mol. The largest absolute Gasteiger partial charge is 0.495 e. The monoisotopic (exact) mass is 236 g/mol. The summed E-state index contributed by atoms with van der Waals surface area (Å²) in [4.78, 5) is 16.0. The molecular formula is C12H16N2O3. The molecule has 1 aliphatic heterocycles. The molecule has 0 aromatic carbocycles. The average molecular weight is 236 g/mol. The van der Waals surface area contributed by atoms with E-state index in [1.807, 2.05) is 0 Å². The lowest BCUT2D eigenvalue weighted by Crippen LogP contribution is -2.42. The van der Waals surface area contributed by atoms with Crippen molar-refractivity contribution in [3.05, 3.63) is 24.0 Å². The third-order valence-corrected chi connectivity index (χ3v) is 2.70. The maximum Gasteiger partial charge on any atom is 0.166 e. The summed E-state index contributed by atoms with van der Waals surface area (Å²) in [6.07, 6.45) is 3.57. The summed E-state index contributed by atoms with van der Waals surface area (Å²) in [7, 11) is 1.56. The van der Waals surface area contributed by atoms with Gasteiger partial charge in [0.25, 0.3) is 0 Å². The molecule has 0 bridgehead atoms. The highest BCUT2D eigenvalue weighted by molar-refractivity contribution is 5.96. The summed E-state index contributed by atoms with van der Waals surface area (Å²) in [5.41, 5.74) is 0.580. The van der Waals surface area contributed by atoms with E-state index in [0.29, 0.717) is 30.9 Å². The van der Waals surface area contributed by atoms with Crippen LogP contribution in [0.4, 0.5) is 0 Å². The standard InChI is InChI=1S/C12H16N2O3/c1-16-11-4-9(6-13-7-11)12(15)5-10-8-17-3-2-14-10/h4,6-7,10,14H,2-3,5,8H2,1H3. The van der Waals surface area contributed by atoms with Gasteiger partial charge in [0.2, 0.25) is 0 Å². The molecule has 0 spiro atoms. The Balaban J connectivity index is 1.98. The van der Waals surface area contributed by atoms with Crippen LogP contribution in [0.1, 0.15) is 16.8 Å². The first-order valence-corrected chi connectivity index (χ1v) is 5.63. The van der Waals surface area contributed by atoms with Crippen LogP contribution in [-0.4, -0.2) is 43.7 Å². The first-order valence-electron chi connectivity index (χ1n) is 5.63. The number of nitrogens with one attached hydrogen (secondary N) is 1. The van der Waals surface area contributed by atoms with Gasteiger partial charge in [-0.25, -0.2) is 0 Å². The van der Waals surface area contributed by atoms with E-state index in [-0.39, 0.29) is 11.8 Å². The van der Waals surface area contributed by atoms with Gasteiger partial charge in [-0.05, 0) is 6.07 Å². The topological polar surface area (TPSA) is 60.5 Å². The summed E-state index contributed by atoms with van der Waals surface area (Å²) in [5.74, 6) is 0.656. The Morgan fingerprint density at radius 1 is 1.65 bits per heavy atom. The third-order valence-electron chi connectivity index (χ3n) is 2.70. The molecule has 1 N–H and O–H groups in total. The van der Waals surface area contributed by atoms with Gasteiger partial charge in [-0.15, -0.1) is 0 Å². The van der Waals surface area contributed by atoms with E-state index in [2.05, 4.69) is 10.3 Å². The highest BCUT2D eigenvalue weighted by Gasteiger charge is 2.18. The minimum atomic E-state index is 0.0550. The Morgan fingerprint density at radius 3 is 3.24 bits per heavy atom. The maximum absolute atomic E-state index is 12.0. The van der Waals surface area contributed by atoms with Gasteiger partial charge in [-0.1, -0.05) is 0 Å².